The van der Waals surface area contributed by atoms with Gasteiger partial charge in [0, 0.05) is 24.4 Å². The van der Waals surface area contributed by atoms with Gasteiger partial charge in [-0.25, -0.2) is 0 Å². The number of hydrogen-bond donors (Lipinski definition) is 1. The van der Waals surface area contributed by atoms with Gasteiger partial charge >= 0.3 is 5.97 Å². The third-order valence-electron chi connectivity index (χ3n) is 8.34. The number of benzene rings is 1. The van der Waals surface area contributed by atoms with E-state index in [0.29, 0.717) is 30.5 Å². The van der Waals surface area contributed by atoms with E-state index in [0.717, 1.165) is 12.0 Å². The summed E-state index contributed by atoms with van der Waals surface area (Å²) in [5, 5.41) is 3.47. The molecule has 2 saturated heterocycles. The average Bonchev–Trinajstić information content (AvgIpc) is 3.42. The predicted octanol–water partition coefficient (Wildman–Crippen LogP) is 3.32. The third-order valence-corrected chi connectivity index (χ3v) is 8.34. The second-order valence-corrected chi connectivity index (χ2v) is 9.87. The molecule has 2 aliphatic heterocycles. The molecule has 6 heteroatoms. The minimum atomic E-state index is -0.141. The van der Waals surface area contributed by atoms with Gasteiger partial charge in [-0.15, -0.1) is 0 Å². The highest BCUT2D eigenvalue weighted by atomic mass is 16.6. The van der Waals surface area contributed by atoms with Crippen molar-refractivity contribution in [3.8, 4) is 11.5 Å². The number of ether oxygens (including phenoxy) is 4. The molecule has 6 nitrogen and oxygen atoms in total. The number of carbonyl (C=O) groups is 1. The fourth-order valence-electron chi connectivity index (χ4n) is 6.83. The second kappa shape index (κ2) is 7.13. The summed E-state index contributed by atoms with van der Waals surface area (Å²) < 4.78 is 23.1. The Balaban J connectivity index is 1.27. The van der Waals surface area contributed by atoms with E-state index in [1.54, 1.807) is 14.2 Å². The molecule has 0 unspecified atom stereocenters. The lowest BCUT2D eigenvalue weighted by Gasteiger charge is -2.48. The van der Waals surface area contributed by atoms with Crippen LogP contribution in [0.25, 0.3) is 0 Å². The lowest BCUT2D eigenvalue weighted by atomic mass is 9.53. The van der Waals surface area contributed by atoms with Crippen molar-refractivity contribution in [3.05, 3.63) is 23.8 Å². The van der Waals surface area contributed by atoms with Crippen LogP contribution in [0.3, 0.4) is 0 Å². The van der Waals surface area contributed by atoms with Crippen LogP contribution in [-0.4, -0.2) is 44.5 Å². The third kappa shape index (κ3) is 2.79. The molecule has 4 fully saturated rings. The fraction of sp³-hybridized carbons (Fsp3) is 0.708. The Hall–Kier alpha value is -1.79. The number of methoxy groups -OCH3 is 2. The van der Waals surface area contributed by atoms with Crippen molar-refractivity contribution in [1.82, 2.24) is 5.32 Å². The molecule has 0 aromatic heterocycles. The highest BCUT2D eigenvalue weighted by molar-refractivity contribution is 5.76. The standard InChI is InChI=1S/C24H33NO5/c1-14-6-5-9-23(2)11-19-20(21-24(14,23)30-21)16(22(26)29-19)13-25-12-15-7-8-17(27-3)18(10-15)28-4/h7-8,10,14,16,19-21,25H,5-6,9,11-13H2,1-4H3/t14-,16-,19-,20+,21+,23+,24-/m1/s1. The molecule has 2 heterocycles. The molecule has 1 aromatic rings. The monoisotopic (exact) mass is 415 g/mol. The van der Waals surface area contributed by atoms with Crippen LogP contribution in [0.1, 0.15) is 45.1 Å². The van der Waals surface area contributed by atoms with Crippen LogP contribution in [0.4, 0.5) is 0 Å². The van der Waals surface area contributed by atoms with E-state index in [1.807, 2.05) is 18.2 Å². The highest BCUT2D eigenvalue weighted by Gasteiger charge is 2.78. The quantitative estimate of drug-likeness (QED) is 0.568. The van der Waals surface area contributed by atoms with E-state index in [1.165, 1.54) is 19.3 Å². The first-order valence-electron chi connectivity index (χ1n) is 11.2. The first-order valence-corrected chi connectivity index (χ1v) is 11.2. The maximum absolute atomic E-state index is 12.8. The van der Waals surface area contributed by atoms with Crippen molar-refractivity contribution in [2.45, 2.75) is 63.9 Å². The Labute approximate surface area is 178 Å². The number of carbonyl (C=O) groups excluding carboxylic acids is 1. The molecular weight excluding hydrogens is 382 g/mol. The molecule has 7 atom stereocenters. The maximum Gasteiger partial charge on any atom is 0.311 e. The maximum atomic E-state index is 12.8. The van der Waals surface area contributed by atoms with E-state index in [9.17, 15) is 4.79 Å². The van der Waals surface area contributed by atoms with E-state index < -0.39 is 0 Å². The second-order valence-electron chi connectivity index (χ2n) is 9.87. The smallest absolute Gasteiger partial charge is 0.311 e. The number of nitrogens with one attached hydrogen (secondary N) is 1. The fourth-order valence-corrected chi connectivity index (χ4v) is 6.83. The van der Waals surface area contributed by atoms with Gasteiger partial charge in [0.1, 0.15) is 11.7 Å². The molecule has 0 bridgehead atoms. The number of epoxide rings is 1. The number of hydrogen-bond acceptors (Lipinski definition) is 6. The molecule has 30 heavy (non-hydrogen) atoms. The van der Waals surface area contributed by atoms with Crippen molar-refractivity contribution >= 4 is 5.97 Å². The molecule has 0 amide bonds. The minimum Gasteiger partial charge on any atom is -0.493 e. The van der Waals surface area contributed by atoms with Gasteiger partial charge < -0.3 is 24.3 Å². The molecule has 2 aliphatic carbocycles. The van der Waals surface area contributed by atoms with Crippen molar-refractivity contribution in [1.29, 1.82) is 0 Å². The Bertz CT molecular complexity index is 843. The van der Waals surface area contributed by atoms with Crippen molar-refractivity contribution in [2.24, 2.45) is 23.2 Å². The predicted molar refractivity (Wildman–Crippen MR) is 111 cm³/mol. The number of esters is 1. The minimum absolute atomic E-state index is 0.00121. The average molecular weight is 416 g/mol. The van der Waals surface area contributed by atoms with E-state index in [2.05, 4.69) is 19.2 Å². The summed E-state index contributed by atoms with van der Waals surface area (Å²) in [5.41, 5.74) is 1.19. The molecule has 1 aromatic carbocycles. The zero-order valence-corrected chi connectivity index (χ0v) is 18.4. The summed E-state index contributed by atoms with van der Waals surface area (Å²) in [5.74, 6) is 1.95. The van der Waals surface area contributed by atoms with Gasteiger partial charge in [-0.05, 0) is 42.9 Å². The van der Waals surface area contributed by atoms with Crippen LogP contribution in [0.2, 0.25) is 0 Å². The Morgan fingerprint density at radius 2 is 2.03 bits per heavy atom. The van der Waals surface area contributed by atoms with Crippen molar-refractivity contribution in [3.63, 3.8) is 0 Å². The summed E-state index contributed by atoms with van der Waals surface area (Å²) in [6, 6.07) is 5.89. The largest absolute Gasteiger partial charge is 0.493 e. The van der Waals surface area contributed by atoms with Gasteiger partial charge in [-0.1, -0.05) is 26.3 Å². The van der Waals surface area contributed by atoms with Gasteiger partial charge in [-0.3, -0.25) is 4.79 Å². The van der Waals surface area contributed by atoms with Crippen LogP contribution in [0.5, 0.6) is 11.5 Å². The Morgan fingerprint density at radius 3 is 2.80 bits per heavy atom. The zero-order valence-electron chi connectivity index (χ0n) is 18.4. The van der Waals surface area contributed by atoms with Gasteiger partial charge in [0.15, 0.2) is 11.5 Å². The summed E-state index contributed by atoms with van der Waals surface area (Å²) >= 11 is 0. The van der Waals surface area contributed by atoms with Crippen LogP contribution in [-0.2, 0) is 20.8 Å². The molecule has 2 saturated carbocycles. The van der Waals surface area contributed by atoms with Gasteiger partial charge in [0.2, 0.25) is 0 Å². The van der Waals surface area contributed by atoms with Crippen LogP contribution < -0.4 is 14.8 Å². The van der Waals surface area contributed by atoms with Gasteiger partial charge in [0.25, 0.3) is 0 Å². The summed E-state index contributed by atoms with van der Waals surface area (Å²) in [4.78, 5) is 12.8. The number of rotatable bonds is 6. The van der Waals surface area contributed by atoms with Crippen molar-refractivity contribution < 1.29 is 23.7 Å². The Kier molecular flexibility index (Phi) is 4.78. The lowest BCUT2D eigenvalue weighted by molar-refractivity contribution is -0.146. The van der Waals surface area contributed by atoms with Gasteiger partial charge in [-0.2, -0.15) is 0 Å². The molecule has 1 N–H and O–H groups in total. The number of fused-ring (bicyclic) bond motifs is 2. The lowest BCUT2D eigenvalue weighted by Crippen LogP contribution is -2.54. The molecule has 0 radical (unpaired) electrons. The summed E-state index contributed by atoms with van der Waals surface area (Å²) in [7, 11) is 3.27. The first kappa shape index (κ1) is 20.1. The Morgan fingerprint density at radius 1 is 1.23 bits per heavy atom. The van der Waals surface area contributed by atoms with E-state index in [4.69, 9.17) is 18.9 Å². The molecule has 164 valence electrons. The molecule has 5 rings (SSSR count). The molecular formula is C24H33NO5. The first-order chi connectivity index (χ1) is 14.4. The van der Waals surface area contributed by atoms with Crippen LogP contribution in [0.15, 0.2) is 18.2 Å². The van der Waals surface area contributed by atoms with E-state index >= 15 is 0 Å². The normalized spacial score (nSPS) is 41.3. The van der Waals surface area contributed by atoms with Crippen LogP contribution >= 0.6 is 0 Å². The van der Waals surface area contributed by atoms with Crippen molar-refractivity contribution in [2.75, 3.05) is 20.8 Å². The van der Waals surface area contributed by atoms with Crippen LogP contribution in [0, 0.1) is 23.2 Å². The highest BCUT2D eigenvalue weighted by Crippen LogP contribution is 2.70. The summed E-state index contributed by atoms with van der Waals surface area (Å²) in [6.07, 6.45) is 4.75. The summed E-state index contributed by atoms with van der Waals surface area (Å²) in [6.45, 7) is 5.96. The molecule has 4 aliphatic rings. The van der Waals surface area contributed by atoms with E-state index in [-0.39, 0.29) is 41.0 Å². The zero-order chi connectivity index (χ0) is 21.1. The van der Waals surface area contributed by atoms with Gasteiger partial charge in [0.05, 0.1) is 26.2 Å². The topological polar surface area (TPSA) is 69.3 Å². The SMILES string of the molecule is COc1ccc(CNC[C@H]2C(=O)O[C@@H]3C[C@]4(C)CCC[C@@H](C)[C@]45O[C@H]5[C@H]32)cc1OC. The molecule has 1 spiro atoms.